The average molecular weight is 301 g/mol. The number of H-pyrrole nitrogens is 1. The first-order chi connectivity index (χ1) is 9.33. The molecule has 0 radical (unpaired) electrons. The molecule has 0 unspecified atom stereocenters. The topological polar surface area (TPSA) is 112 Å². The van der Waals surface area contributed by atoms with Gasteiger partial charge in [0.1, 0.15) is 5.82 Å². The minimum atomic E-state index is -3.77. The third-order valence-electron chi connectivity index (χ3n) is 3.62. The molecule has 0 amide bonds. The molecule has 1 fully saturated rings. The molecule has 7 nitrogen and oxygen atoms in total. The van der Waals surface area contributed by atoms with Gasteiger partial charge in [0.25, 0.3) is 10.0 Å². The lowest BCUT2D eigenvalue weighted by atomic mass is 9.80. The third kappa shape index (κ3) is 3.37. The Hall–Kier alpha value is -1.41. The van der Waals surface area contributed by atoms with E-state index in [-0.39, 0.29) is 11.4 Å². The first-order valence-electron chi connectivity index (χ1n) is 6.60. The van der Waals surface area contributed by atoms with E-state index in [1.54, 1.807) is 6.92 Å². The summed E-state index contributed by atoms with van der Waals surface area (Å²) in [6.45, 7) is 1.66. The second kappa shape index (κ2) is 5.53. The Balaban J connectivity index is 2.25. The second-order valence-electron chi connectivity index (χ2n) is 5.35. The van der Waals surface area contributed by atoms with Gasteiger partial charge in [-0.2, -0.15) is 0 Å². The number of hydrogen-bond acceptors (Lipinski definition) is 4. The van der Waals surface area contributed by atoms with Crippen LogP contribution in [-0.2, 0) is 14.8 Å². The molecule has 0 atom stereocenters. The third-order valence-corrected chi connectivity index (χ3v) is 5.11. The van der Waals surface area contributed by atoms with E-state index in [9.17, 15) is 13.2 Å². The highest BCUT2D eigenvalue weighted by molar-refractivity contribution is 7.89. The fourth-order valence-corrected chi connectivity index (χ4v) is 4.14. The van der Waals surface area contributed by atoms with Crippen molar-refractivity contribution in [3.8, 4) is 0 Å². The van der Waals surface area contributed by atoms with Crippen LogP contribution in [0.5, 0.6) is 0 Å². The molecule has 112 valence electrons. The fraction of sp³-hybridized carbons (Fsp3) is 0.667. The Morgan fingerprint density at radius 3 is 2.60 bits per heavy atom. The molecule has 1 heterocycles. The number of sulfonamides is 1. The van der Waals surface area contributed by atoms with E-state index in [2.05, 4.69) is 14.7 Å². The maximum atomic E-state index is 12.3. The highest BCUT2D eigenvalue weighted by atomic mass is 32.2. The Labute approximate surface area is 117 Å². The number of carbonyl (C=O) groups is 1. The summed E-state index contributed by atoms with van der Waals surface area (Å²) < 4.78 is 27.2. The van der Waals surface area contributed by atoms with Gasteiger partial charge >= 0.3 is 5.97 Å². The molecular formula is C12H19N3O4S. The molecule has 1 saturated carbocycles. The summed E-state index contributed by atoms with van der Waals surface area (Å²) in [6, 6.07) is 0. The van der Waals surface area contributed by atoms with Gasteiger partial charge in [0.15, 0.2) is 5.03 Å². The first-order valence-corrected chi connectivity index (χ1v) is 8.09. The van der Waals surface area contributed by atoms with Crippen LogP contribution in [0.25, 0.3) is 0 Å². The molecule has 1 aromatic heterocycles. The number of hydrogen-bond donors (Lipinski definition) is 3. The molecule has 20 heavy (non-hydrogen) atoms. The van der Waals surface area contributed by atoms with Gasteiger partial charge in [-0.1, -0.05) is 19.3 Å². The Bertz CT molecular complexity index is 588. The summed E-state index contributed by atoms with van der Waals surface area (Å²) in [5.41, 5.74) is -0.887. The highest BCUT2D eigenvalue weighted by Crippen LogP contribution is 2.32. The molecule has 1 aliphatic carbocycles. The number of nitrogens with one attached hydrogen (secondary N) is 2. The fourth-order valence-electron chi connectivity index (χ4n) is 2.71. The minimum absolute atomic E-state index is 0.0228. The minimum Gasteiger partial charge on any atom is -0.481 e. The lowest BCUT2D eigenvalue weighted by Gasteiger charge is -2.36. The van der Waals surface area contributed by atoms with E-state index in [1.807, 2.05) is 0 Å². The molecule has 0 spiro atoms. The smallest absolute Gasteiger partial charge is 0.305 e. The van der Waals surface area contributed by atoms with E-state index in [4.69, 9.17) is 5.11 Å². The van der Waals surface area contributed by atoms with Crippen molar-refractivity contribution >= 4 is 16.0 Å². The molecule has 0 aliphatic heterocycles. The normalized spacial score (nSPS) is 18.9. The molecule has 0 bridgehead atoms. The van der Waals surface area contributed by atoms with E-state index >= 15 is 0 Å². The number of imidazole rings is 1. The highest BCUT2D eigenvalue weighted by Gasteiger charge is 2.38. The van der Waals surface area contributed by atoms with E-state index in [0.717, 1.165) is 19.3 Å². The van der Waals surface area contributed by atoms with Crippen LogP contribution in [0.15, 0.2) is 11.2 Å². The van der Waals surface area contributed by atoms with Gasteiger partial charge in [0.05, 0.1) is 12.6 Å². The van der Waals surface area contributed by atoms with Crippen molar-refractivity contribution in [2.24, 2.45) is 0 Å². The van der Waals surface area contributed by atoms with Gasteiger partial charge in [-0.3, -0.25) is 4.79 Å². The standard InChI is InChI=1S/C12H19N3O4S/c1-9-13-8-10(14-9)20(18,19)15-12(7-11(16)17)5-3-2-4-6-12/h8,15H,2-7H2,1H3,(H,13,14)(H,16,17). The van der Waals surface area contributed by atoms with Crippen molar-refractivity contribution in [3.05, 3.63) is 12.0 Å². The summed E-state index contributed by atoms with van der Waals surface area (Å²) >= 11 is 0. The SMILES string of the molecule is Cc1ncc(S(=O)(=O)NC2(CC(=O)O)CCCCC2)[nH]1. The van der Waals surface area contributed by atoms with Crippen molar-refractivity contribution < 1.29 is 18.3 Å². The number of carboxylic acid groups (broad SMARTS) is 1. The summed E-state index contributed by atoms with van der Waals surface area (Å²) in [5.74, 6) is -0.489. The zero-order valence-electron chi connectivity index (χ0n) is 11.3. The van der Waals surface area contributed by atoms with Crippen molar-refractivity contribution in [2.45, 2.75) is 56.0 Å². The number of aromatic nitrogens is 2. The zero-order chi connectivity index (χ0) is 14.8. The Morgan fingerprint density at radius 1 is 1.45 bits per heavy atom. The van der Waals surface area contributed by atoms with Gasteiger partial charge in [-0.05, 0) is 19.8 Å². The van der Waals surface area contributed by atoms with Gasteiger partial charge in [-0.15, -0.1) is 0 Å². The zero-order valence-corrected chi connectivity index (χ0v) is 12.2. The lowest BCUT2D eigenvalue weighted by molar-refractivity contribution is -0.138. The predicted molar refractivity (Wildman–Crippen MR) is 71.7 cm³/mol. The summed E-state index contributed by atoms with van der Waals surface area (Å²) in [5, 5.41) is 9.02. The number of carboxylic acids is 1. The van der Waals surface area contributed by atoms with Crippen LogP contribution in [0.1, 0.15) is 44.3 Å². The lowest BCUT2D eigenvalue weighted by Crippen LogP contribution is -2.51. The van der Waals surface area contributed by atoms with Gasteiger partial charge in [0.2, 0.25) is 0 Å². The molecule has 0 saturated heterocycles. The molecule has 1 aromatic rings. The number of rotatable bonds is 5. The van der Waals surface area contributed by atoms with Crippen LogP contribution in [-0.4, -0.2) is 35.0 Å². The molecule has 1 aliphatic rings. The summed E-state index contributed by atoms with van der Waals surface area (Å²) in [6.07, 6.45) is 4.81. The number of aryl methyl sites for hydroxylation is 1. The van der Waals surface area contributed by atoms with Gasteiger partial charge in [0, 0.05) is 5.54 Å². The molecule has 2 rings (SSSR count). The van der Waals surface area contributed by atoms with Crippen molar-refractivity contribution in [1.29, 1.82) is 0 Å². The average Bonchev–Trinajstić information content (AvgIpc) is 2.76. The van der Waals surface area contributed by atoms with E-state index < -0.39 is 21.5 Å². The molecule has 8 heteroatoms. The van der Waals surface area contributed by atoms with Gasteiger partial charge < -0.3 is 10.1 Å². The maximum absolute atomic E-state index is 12.3. The van der Waals surface area contributed by atoms with Crippen molar-refractivity contribution in [1.82, 2.24) is 14.7 Å². The second-order valence-corrected chi connectivity index (χ2v) is 7.00. The van der Waals surface area contributed by atoms with Crippen LogP contribution >= 0.6 is 0 Å². The summed E-state index contributed by atoms with van der Waals surface area (Å²) in [7, 11) is -3.77. The van der Waals surface area contributed by atoms with Crippen molar-refractivity contribution in [2.75, 3.05) is 0 Å². The van der Waals surface area contributed by atoms with Crippen LogP contribution < -0.4 is 4.72 Å². The van der Waals surface area contributed by atoms with Crippen LogP contribution in [0.2, 0.25) is 0 Å². The first kappa shape index (κ1) is 15.0. The quantitative estimate of drug-likeness (QED) is 0.756. The molecular weight excluding hydrogens is 282 g/mol. The largest absolute Gasteiger partial charge is 0.481 e. The van der Waals surface area contributed by atoms with E-state index in [0.29, 0.717) is 18.7 Å². The Morgan fingerprint density at radius 2 is 2.10 bits per heavy atom. The number of aliphatic carboxylic acids is 1. The van der Waals surface area contributed by atoms with Crippen LogP contribution in [0.4, 0.5) is 0 Å². The monoisotopic (exact) mass is 301 g/mol. The Kier molecular flexibility index (Phi) is 4.14. The number of aromatic amines is 1. The van der Waals surface area contributed by atoms with E-state index in [1.165, 1.54) is 6.20 Å². The summed E-state index contributed by atoms with van der Waals surface area (Å²) in [4.78, 5) is 17.6. The van der Waals surface area contributed by atoms with Crippen molar-refractivity contribution in [3.63, 3.8) is 0 Å². The van der Waals surface area contributed by atoms with Crippen LogP contribution in [0.3, 0.4) is 0 Å². The van der Waals surface area contributed by atoms with Crippen LogP contribution in [0, 0.1) is 6.92 Å². The number of nitrogens with zero attached hydrogens (tertiary/aromatic N) is 1. The molecule has 3 N–H and O–H groups in total. The molecule has 0 aromatic carbocycles. The maximum Gasteiger partial charge on any atom is 0.305 e. The van der Waals surface area contributed by atoms with Gasteiger partial charge in [-0.25, -0.2) is 18.1 Å². The predicted octanol–water partition coefficient (Wildman–Crippen LogP) is 1.17.